The molecule has 0 fully saturated rings. The summed E-state index contributed by atoms with van der Waals surface area (Å²) in [5.74, 6) is 1.39. The summed E-state index contributed by atoms with van der Waals surface area (Å²) in [5, 5.41) is 0. The van der Waals surface area contributed by atoms with Gasteiger partial charge in [0, 0.05) is 17.7 Å². The van der Waals surface area contributed by atoms with E-state index in [2.05, 4.69) is 16.9 Å². The summed E-state index contributed by atoms with van der Waals surface area (Å²) in [5.41, 5.74) is 7.94. The molecule has 0 aromatic heterocycles. The smallest absolute Gasteiger partial charge is 0.157 e. The van der Waals surface area contributed by atoms with Gasteiger partial charge in [0.2, 0.25) is 0 Å². The van der Waals surface area contributed by atoms with Gasteiger partial charge in [-0.25, -0.2) is 4.99 Å². The highest BCUT2D eigenvalue weighted by Crippen LogP contribution is 2.17. The molecule has 0 bridgehead atoms. The van der Waals surface area contributed by atoms with E-state index >= 15 is 0 Å². The third-order valence-electron chi connectivity index (χ3n) is 2.94. The van der Waals surface area contributed by atoms with Crippen LogP contribution in [0.25, 0.3) is 0 Å². The van der Waals surface area contributed by atoms with E-state index in [1.807, 2.05) is 24.3 Å². The summed E-state index contributed by atoms with van der Waals surface area (Å²) in [6, 6.07) is 8.00. The minimum Gasteiger partial charge on any atom is -0.383 e. The van der Waals surface area contributed by atoms with Gasteiger partial charge >= 0.3 is 0 Å². The molecule has 3 nitrogen and oxygen atoms in total. The number of hydrogen-bond donors (Lipinski definition) is 1. The molecule has 1 aromatic carbocycles. The zero-order chi connectivity index (χ0) is 12.1. The summed E-state index contributed by atoms with van der Waals surface area (Å²) in [6.45, 7) is 3.06. The lowest BCUT2D eigenvalue weighted by Gasteiger charge is -1.99. The zero-order valence-corrected chi connectivity index (χ0v) is 10.3. The molecular formula is C14H19N3. The Morgan fingerprint density at radius 1 is 1.12 bits per heavy atom. The van der Waals surface area contributed by atoms with E-state index in [-0.39, 0.29) is 0 Å². The van der Waals surface area contributed by atoms with Crippen LogP contribution in [0.3, 0.4) is 0 Å². The molecule has 90 valence electrons. The van der Waals surface area contributed by atoms with Gasteiger partial charge in [0.15, 0.2) is 5.84 Å². The lowest BCUT2D eigenvalue weighted by atomic mass is 10.1. The van der Waals surface area contributed by atoms with Crippen LogP contribution in [0.4, 0.5) is 0 Å². The van der Waals surface area contributed by atoms with E-state index < -0.39 is 0 Å². The van der Waals surface area contributed by atoms with Crippen molar-refractivity contribution < 1.29 is 0 Å². The number of rotatable bonds is 5. The fraction of sp³-hybridized carbons (Fsp3) is 0.429. The van der Waals surface area contributed by atoms with Gasteiger partial charge in [-0.1, -0.05) is 50.5 Å². The quantitative estimate of drug-likeness (QED) is 0.775. The molecule has 1 aliphatic heterocycles. The third-order valence-corrected chi connectivity index (χ3v) is 2.94. The first-order valence-corrected chi connectivity index (χ1v) is 6.31. The number of benzene rings is 1. The largest absolute Gasteiger partial charge is 0.383 e. The molecule has 17 heavy (non-hydrogen) atoms. The van der Waals surface area contributed by atoms with Crippen LogP contribution in [0, 0.1) is 0 Å². The predicted octanol–water partition coefficient (Wildman–Crippen LogP) is 2.73. The third kappa shape index (κ3) is 2.73. The summed E-state index contributed by atoms with van der Waals surface area (Å²) < 4.78 is 0. The van der Waals surface area contributed by atoms with Crippen molar-refractivity contribution in [2.75, 3.05) is 6.54 Å². The SMILES string of the molecule is CCCCCCN=C1N=C(N)c2ccccc21. The summed E-state index contributed by atoms with van der Waals surface area (Å²) in [6.07, 6.45) is 4.92. The lowest BCUT2D eigenvalue weighted by Crippen LogP contribution is -2.09. The Labute approximate surface area is 102 Å². The molecule has 0 saturated heterocycles. The minimum atomic E-state index is 0.591. The zero-order valence-electron chi connectivity index (χ0n) is 10.3. The molecule has 3 heteroatoms. The Balaban J connectivity index is 2.01. The molecule has 0 amide bonds. The highest BCUT2D eigenvalue weighted by molar-refractivity contribution is 6.21. The van der Waals surface area contributed by atoms with Gasteiger partial charge in [-0.2, -0.15) is 0 Å². The van der Waals surface area contributed by atoms with Crippen LogP contribution in [-0.2, 0) is 0 Å². The number of nitrogens with two attached hydrogens (primary N) is 1. The van der Waals surface area contributed by atoms with Gasteiger partial charge in [0.05, 0.1) is 0 Å². The average molecular weight is 229 g/mol. The van der Waals surface area contributed by atoms with Crippen LogP contribution >= 0.6 is 0 Å². The maximum absolute atomic E-state index is 5.86. The van der Waals surface area contributed by atoms with Gasteiger partial charge in [-0.05, 0) is 6.42 Å². The standard InChI is InChI=1S/C14H19N3/c1-2-3-4-7-10-16-14-12-9-6-5-8-11(12)13(15)17-14/h5-6,8-9H,2-4,7,10H2,1H3,(H2,15,16,17). The molecule has 0 saturated carbocycles. The van der Waals surface area contributed by atoms with Gasteiger partial charge in [-0.15, -0.1) is 0 Å². The monoisotopic (exact) mass is 229 g/mol. The molecule has 1 aromatic rings. The summed E-state index contributed by atoms with van der Waals surface area (Å²) in [7, 11) is 0. The number of unbranched alkanes of at least 4 members (excludes halogenated alkanes) is 3. The highest BCUT2D eigenvalue weighted by atomic mass is 15.0. The molecule has 0 atom stereocenters. The second-order valence-electron chi connectivity index (χ2n) is 4.31. The molecule has 0 spiro atoms. The van der Waals surface area contributed by atoms with Crippen LogP contribution in [0.2, 0.25) is 0 Å². The topological polar surface area (TPSA) is 50.7 Å². The van der Waals surface area contributed by atoms with Gasteiger partial charge in [0.25, 0.3) is 0 Å². The van der Waals surface area contributed by atoms with Crippen molar-refractivity contribution >= 4 is 11.7 Å². The summed E-state index contributed by atoms with van der Waals surface area (Å²) >= 11 is 0. The molecule has 1 aliphatic rings. The van der Waals surface area contributed by atoms with Crippen molar-refractivity contribution in [3.05, 3.63) is 35.4 Å². The van der Waals surface area contributed by atoms with Crippen molar-refractivity contribution in [3.63, 3.8) is 0 Å². The number of fused-ring (bicyclic) bond motifs is 1. The van der Waals surface area contributed by atoms with Crippen molar-refractivity contribution in [1.82, 2.24) is 0 Å². The van der Waals surface area contributed by atoms with E-state index in [1.165, 1.54) is 19.3 Å². The number of amidine groups is 2. The first kappa shape index (κ1) is 11.8. The number of aliphatic imine (C=N–C) groups is 2. The Bertz CT molecular complexity index is 447. The highest BCUT2D eigenvalue weighted by Gasteiger charge is 2.17. The van der Waals surface area contributed by atoms with Crippen LogP contribution in [0.1, 0.15) is 43.7 Å². The Kier molecular flexibility index (Phi) is 3.91. The van der Waals surface area contributed by atoms with E-state index in [9.17, 15) is 0 Å². The Morgan fingerprint density at radius 3 is 2.65 bits per heavy atom. The van der Waals surface area contributed by atoms with E-state index in [0.717, 1.165) is 29.9 Å². The van der Waals surface area contributed by atoms with Crippen LogP contribution in [-0.4, -0.2) is 18.2 Å². The maximum Gasteiger partial charge on any atom is 0.157 e. The van der Waals surface area contributed by atoms with Crippen LogP contribution < -0.4 is 5.73 Å². The second-order valence-corrected chi connectivity index (χ2v) is 4.31. The van der Waals surface area contributed by atoms with Crippen LogP contribution in [0.5, 0.6) is 0 Å². The van der Waals surface area contributed by atoms with Crippen molar-refractivity contribution in [2.24, 2.45) is 15.7 Å². The fourth-order valence-corrected chi connectivity index (χ4v) is 1.98. The minimum absolute atomic E-state index is 0.591. The summed E-state index contributed by atoms with van der Waals surface area (Å²) in [4.78, 5) is 8.85. The second kappa shape index (κ2) is 5.62. The van der Waals surface area contributed by atoms with Crippen molar-refractivity contribution in [1.29, 1.82) is 0 Å². The molecule has 0 radical (unpaired) electrons. The number of nitrogens with zero attached hydrogens (tertiary/aromatic N) is 2. The van der Waals surface area contributed by atoms with Gasteiger partial charge in [-0.3, -0.25) is 4.99 Å². The first-order valence-electron chi connectivity index (χ1n) is 6.31. The molecule has 2 rings (SSSR count). The fourth-order valence-electron chi connectivity index (χ4n) is 1.98. The van der Waals surface area contributed by atoms with Crippen LogP contribution in [0.15, 0.2) is 34.3 Å². The first-order chi connectivity index (χ1) is 8.33. The normalized spacial score (nSPS) is 16.1. The molecule has 2 N–H and O–H groups in total. The van der Waals surface area contributed by atoms with Gasteiger partial charge in [0.1, 0.15) is 5.84 Å². The van der Waals surface area contributed by atoms with Crippen molar-refractivity contribution in [3.8, 4) is 0 Å². The average Bonchev–Trinajstić information content (AvgIpc) is 2.67. The Morgan fingerprint density at radius 2 is 1.88 bits per heavy atom. The molecular weight excluding hydrogens is 210 g/mol. The van der Waals surface area contributed by atoms with E-state index in [0.29, 0.717) is 5.84 Å². The molecule has 0 unspecified atom stereocenters. The lowest BCUT2D eigenvalue weighted by molar-refractivity contribution is 0.675. The van der Waals surface area contributed by atoms with E-state index in [1.54, 1.807) is 0 Å². The molecule has 0 aliphatic carbocycles. The molecule has 1 heterocycles. The van der Waals surface area contributed by atoms with Crippen molar-refractivity contribution in [2.45, 2.75) is 32.6 Å². The maximum atomic E-state index is 5.86. The predicted molar refractivity (Wildman–Crippen MR) is 72.7 cm³/mol. The Hall–Kier alpha value is -1.64. The van der Waals surface area contributed by atoms with E-state index in [4.69, 9.17) is 5.73 Å². The van der Waals surface area contributed by atoms with Gasteiger partial charge < -0.3 is 5.73 Å². The number of hydrogen-bond acceptors (Lipinski definition) is 2.